The Hall–Kier alpha value is -2.67. The number of nitrogens with one attached hydrogen (secondary N) is 2. The lowest BCUT2D eigenvalue weighted by Crippen LogP contribution is -2.51. The van der Waals surface area contributed by atoms with Crippen molar-refractivity contribution in [2.24, 2.45) is 0 Å². The standard InChI is InChI=1S/C18H23N5O2/c24-16(14-6-2-1-3-7-14)12-21-18(25)22-15-8-4-11-23(13-15)17-19-9-5-10-20-17/h1-3,5-7,9-10,15-16,24H,4,8,11-13H2,(H2,21,22,25)/t15-,16+/m1/s1. The SMILES string of the molecule is O=C(NC[C@H](O)c1ccccc1)N[C@@H]1CCCN(c2ncccn2)C1. The molecular weight excluding hydrogens is 318 g/mol. The first-order chi connectivity index (χ1) is 12.2. The predicted molar refractivity (Wildman–Crippen MR) is 95.2 cm³/mol. The number of amides is 2. The normalized spacial score (nSPS) is 18.4. The number of carbonyl (C=O) groups is 1. The molecule has 2 atom stereocenters. The molecule has 7 heteroatoms. The summed E-state index contributed by atoms with van der Waals surface area (Å²) in [5.74, 6) is 0.689. The maximum Gasteiger partial charge on any atom is 0.315 e. The van der Waals surface area contributed by atoms with Gasteiger partial charge in [-0.3, -0.25) is 0 Å². The van der Waals surface area contributed by atoms with E-state index >= 15 is 0 Å². The van der Waals surface area contributed by atoms with Crippen molar-refractivity contribution in [1.29, 1.82) is 0 Å². The molecule has 25 heavy (non-hydrogen) atoms. The Kier molecular flexibility index (Phi) is 5.79. The van der Waals surface area contributed by atoms with Crippen LogP contribution in [0.3, 0.4) is 0 Å². The molecule has 2 heterocycles. The van der Waals surface area contributed by atoms with E-state index in [4.69, 9.17) is 0 Å². The van der Waals surface area contributed by atoms with Crippen molar-refractivity contribution in [3.8, 4) is 0 Å². The zero-order valence-electron chi connectivity index (χ0n) is 14.0. The van der Waals surface area contributed by atoms with Crippen LogP contribution in [0.1, 0.15) is 24.5 Å². The van der Waals surface area contributed by atoms with E-state index in [1.807, 2.05) is 30.3 Å². The van der Waals surface area contributed by atoms with Gasteiger partial charge in [-0.25, -0.2) is 14.8 Å². The summed E-state index contributed by atoms with van der Waals surface area (Å²) in [7, 11) is 0. The molecule has 1 aromatic carbocycles. The summed E-state index contributed by atoms with van der Waals surface area (Å²) in [5.41, 5.74) is 0.785. The second-order valence-corrected chi connectivity index (χ2v) is 6.11. The van der Waals surface area contributed by atoms with Crippen molar-refractivity contribution < 1.29 is 9.90 Å². The average Bonchev–Trinajstić information content (AvgIpc) is 2.68. The molecule has 132 valence electrons. The summed E-state index contributed by atoms with van der Waals surface area (Å²) < 4.78 is 0. The summed E-state index contributed by atoms with van der Waals surface area (Å²) in [6.07, 6.45) is 4.61. The van der Waals surface area contributed by atoms with Gasteiger partial charge in [-0.05, 0) is 24.5 Å². The second-order valence-electron chi connectivity index (χ2n) is 6.11. The first-order valence-corrected chi connectivity index (χ1v) is 8.51. The van der Waals surface area contributed by atoms with Crippen molar-refractivity contribution in [1.82, 2.24) is 20.6 Å². The van der Waals surface area contributed by atoms with Crippen molar-refractivity contribution in [3.05, 3.63) is 54.4 Å². The van der Waals surface area contributed by atoms with Gasteiger partial charge in [0, 0.05) is 38.1 Å². The van der Waals surface area contributed by atoms with E-state index in [0.29, 0.717) is 12.5 Å². The van der Waals surface area contributed by atoms with Gasteiger partial charge < -0.3 is 20.6 Å². The zero-order chi connectivity index (χ0) is 17.5. The monoisotopic (exact) mass is 341 g/mol. The van der Waals surface area contributed by atoms with E-state index in [1.165, 1.54) is 0 Å². The van der Waals surface area contributed by atoms with E-state index in [-0.39, 0.29) is 18.6 Å². The van der Waals surface area contributed by atoms with Crippen LogP contribution in [-0.4, -0.2) is 46.8 Å². The molecule has 0 bridgehead atoms. The summed E-state index contributed by atoms with van der Waals surface area (Å²) >= 11 is 0. The number of piperidine rings is 1. The number of nitrogens with zero attached hydrogens (tertiary/aromatic N) is 3. The van der Waals surface area contributed by atoms with Crippen molar-refractivity contribution in [2.75, 3.05) is 24.5 Å². The van der Waals surface area contributed by atoms with Crippen molar-refractivity contribution >= 4 is 12.0 Å². The van der Waals surface area contributed by atoms with Crippen LogP contribution in [-0.2, 0) is 0 Å². The summed E-state index contributed by atoms with van der Waals surface area (Å²) in [5, 5.41) is 15.8. The number of carbonyl (C=O) groups excluding carboxylic acids is 1. The molecule has 0 saturated carbocycles. The highest BCUT2D eigenvalue weighted by atomic mass is 16.3. The molecule has 0 aliphatic carbocycles. The molecule has 1 aliphatic rings. The molecule has 0 spiro atoms. The van der Waals surface area contributed by atoms with Crippen LogP contribution in [0.15, 0.2) is 48.8 Å². The molecule has 1 saturated heterocycles. The van der Waals surface area contributed by atoms with E-state index in [9.17, 15) is 9.90 Å². The van der Waals surface area contributed by atoms with Crippen LogP contribution >= 0.6 is 0 Å². The fraction of sp³-hybridized carbons (Fsp3) is 0.389. The van der Waals surface area contributed by atoms with E-state index in [0.717, 1.165) is 24.9 Å². The topological polar surface area (TPSA) is 90.4 Å². The minimum atomic E-state index is -0.715. The smallest absolute Gasteiger partial charge is 0.315 e. The first-order valence-electron chi connectivity index (χ1n) is 8.51. The van der Waals surface area contributed by atoms with Crippen LogP contribution in [0.5, 0.6) is 0 Å². The molecule has 2 amide bonds. The maximum absolute atomic E-state index is 12.1. The quantitative estimate of drug-likeness (QED) is 0.766. The van der Waals surface area contributed by atoms with Gasteiger partial charge in [0.2, 0.25) is 5.95 Å². The number of benzene rings is 1. The molecule has 0 unspecified atom stereocenters. The van der Waals surface area contributed by atoms with Gasteiger partial charge in [-0.15, -0.1) is 0 Å². The van der Waals surface area contributed by atoms with E-state index in [2.05, 4.69) is 25.5 Å². The lowest BCUT2D eigenvalue weighted by atomic mass is 10.1. The van der Waals surface area contributed by atoms with Crippen LogP contribution in [0.2, 0.25) is 0 Å². The van der Waals surface area contributed by atoms with E-state index in [1.54, 1.807) is 18.5 Å². The van der Waals surface area contributed by atoms with Gasteiger partial charge in [0.1, 0.15) is 0 Å². The fourth-order valence-electron chi connectivity index (χ4n) is 2.95. The molecule has 1 fully saturated rings. The predicted octanol–water partition coefficient (Wildman–Crippen LogP) is 1.48. The molecule has 3 N–H and O–H groups in total. The average molecular weight is 341 g/mol. The lowest BCUT2D eigenvalue weighted by Gasteiger charge is -2.33. The first kappa shape index (κ1) is 17.2. The van der Waals surface area contributed by atoms with Gasteiger partial charge in [0.25, 0.3) is 0 Å². The largest absolute Gasteiger partial charge is 0.387 e. The number of urea groups is 1. The molecule has 1 aliphatic heterocycles. The third-order valence-electron chi connectivity index (χ3n) is 4.23. The van der Waals surface area contributed by atoms with Crippen LogP contribution in [0, 0.1) is 0 Å². The maximum atomic E-state index is 12.1. The Morgan fingerprint density at radius 3 is 2.76 bits per heavy atom. The van der Waals surface area contributed by atoms with Gasteiger partial charge in [-0.2, -0.15) is 0 Å². The number of anilines is 1. The third kappa shape index (κ3) is 4.90. The number of rotatable bonds is 5. The molecular formula is C18H23N5O2. The second kappa shape index (κ2) is 8.43. The Bertz CT molecular complexity index is 668. The van der Waals surface area contributed by atoms with Gasteiger partial charge >= 0.3 is 6.03 Å². The molecule has 0 radical (unpaired) electrons. The number of hydrogen-bond acceptors (Lipinski definition) is 5. The van der Waals surface area contributed by atoms with Crippen molar-refractivity contribution in [2.45, 2.75) is 25.0 Å². The van der Waals surface area contributed by atoms with Gasteiger partial charge in [0.05, 0.1) is 6.10 Å². The highest BCUT2D eigenvalue weighted by Gasteiger charge is 2.23. The lowest BCUT2D eigenvalue weighted by molar-refractivity contribution is 0.172. The number of aliphatic hydroxyl groups is 1. The highest BCUT2D eigenvalue weighted by Crippen LogP contribution is 2.15. The summed E-state index contributed by atoms with van der Waals surface area (Å²) in [4.78, 5) is 22.7. The molecule has 3 rings (SSSR count). The number of aliphatic hydroxyl groups excluding tert-OH is 1. The number of aromatic nitrogens is 2. The Morgan fingerprint density at radius 2 is 2.00 bits per heavy atom. The third-order valence-corrected chi connectivity index (χ3v) is 4.23. The van der Waals surface area contributed by atoms with Gasteiger partial charge in [0.15, 0.2) is 0 Å². The Balaban J connectivity index is 1.46. The highest BCUT2D eigenvalue weighted by molar-refractivity contribution is 5.74. The Labute approximate surface area is 147 Å². The van der Waals surface area contributed by atoms with Crippen LogP contribution < -0.4 is 15.5 Å². The van der Waals surface area contributed by atoms with E-state index < -0.39 is 6.10 Å². The fourth-order valence-corrected chi connectivity index (χ4v) is 2.95. The molecule has 2 aromatic rings. The zero-order valence-corrected chi connectivity index (χ0v) is 14.0. The minimum Gasteiger partial charge on any atom is -0.387 e. The molecule has 1 aromatic heterocycles. The van der Waals surface area contributed by atoms with Crippen LogP contribution in [0.4, 0.5) is 10.7 Å². The minimum absolute atomic E-state index is 0.0337. The number of hydrogen-bond donors (Lipinski definition) is 3. The van der Waals surface area contributed by atoms with Crippen LogP contribution in [0.25, 0.3) is 0 Å². The Morgan fingerprint density at radius 1 is 1.24 bits per heavy atom. The van der Waals surface area contributed by atoms with Crippen molar-refractivity contribution in [3.63, 3.8) is 0 Å². The summed E-state index contributed by atoms with van der Waals surface area (Å²) in [6.45, 7) is 1.74. The molecule has 7 nitrogen and oxygen atoms in total. The summed E-state index contributed by atoms with van der Waals surface area (Å²) in [6, 6.07) is 10.8. The van der Waals surface area contributed by atoms with Gasteiger partial charge in [-0.1, -0.05) is 30.3 Å².